The zero-order valence-corrected chi connectivity index (χ0v) is 11.4. The summed E-state index contributed by atoms with van der Waals surface area (Å²) in [4.78, 5) is 15.2. The minimum absolute atomic E-state index is 0.431. The first kappa shape index (κ1) is 12.6. The lowest BCUT2D eigenvalue weighted by atomic mass is 10.00. The number of halogens is 1. The average Bonchev–Trinajstić information content (AvgIpc) is 2.31. The van der Waals surface area contributed by atoms with Crippen molar-refractivity contribution in [3.05, 3.63) is 46.1 Å². The van der Waals surface area contributed by atoms with Gasteiger partial charge in [0.1, 0.15) is 5.82 Å². The van der Waals surface area contributed by atoms with Gasteiger partial charge in [0, 0.05) is 21.8 Å². The lowest BCUT2D eigenvalue weighted by molar-refractivity contribution is 0.1000. The number of nitrogen functional groups attached to an aromatic ring is 1. The Balaban J connectivity index is 2.55. The molecule has 0 aliphatic carbocycles. The van der Waals surface area contributed by atoms with Crippen LogP contribution in [0.1, 0.15) is 15.9 Å². The van der Waals surface area contributed by atoms with Crippen LogP contribution < -0.4 is 11.5 Å². The maximum atomic E-state index is 11.2. The number of benzene rings is 1. The van der Waals surface area contributed by atoms with Crippen LogP contribution in [0.3, 0.4) is 0 Å². The predicted molar refractivity (Wildman–Crippen MR) is 75.0 cm³/mol. The van der Waals surface area contributed by atoms with Crippen LogP contribution in [0.15, 0.2) is 34.9 Å². The van der Waals surface area contributed by atoms with Gasteiger partial charge in [0.15, 0.2) is 0 Å². The van der Waals surface area contributed by atoms with E-state index in [0.717, 1.165) is 21.2 Å². The summed E-state index contributed by atoms with van der Waals surface area (Å²) in [6, 6.07) is 7.28. The van der Waals surface area contributed by atoms with Gasteiger partial charge in [-0.25, -0.2) is 4.98 Å². The van der Waals surface area contributed by atoms with Gasteiger partial charge >= 0.3 is 0 Å². The van der Waals surface area contributed by atoms with Crippen molar-refractivity contribution in [3.8, 4) is 11.1 Å². The topological polar surface area (TPSA) is 82.0 Å². The van der Waals surface area contributed by atoms with Gasteiger partial charge in [-0.1, -0.05) is 12.1 Å². The van der Waals surface area contributed by atoms with E-state index < -0.39 is 5.91 Å². The quantitative estimate of drug-likeness (QED) is 0.894. The average molecular weight is 306 g/mol. The molecule has 4 N–H and O–H groups in total. The van der Waals surface area contributed by atoms with Crippen molar-refractivity contribution in [2.24, 2.45) is 5.73 Å². The molecular formula is C13H12BrN3O. The van der Waals surface area contributed by atoms with Crippen LogP contribution in [0.25, 0.3) is 11.1 Å². The maximum Gasteiger partial charge on any atom is 0.248 e. The van der Waals surface area contributed by atoms with Crippen molar-refractivity contribution in [2.75, 3.05) is 5.73 Å². The summed E-state index contributed by atoms with van der Waals surface area (Å²) in [6.07, 6.45) is 1.64. The number of rotatable bonds is 2. The fraction of sp³-hybridized carbons (Fsp3) is 0.0769. The number of amides is 1. The lowest BCUT2D eigenvalue weighted by Crippen LogP contribution is -2.12. The van der Waals surface area contributed by atoms with Crippen molar-refractivity contribution >= 4 is 27.7 Å². The second-order valence-electron chi connectivity index (χ2n) is 3.98. The second-order valence-corrected chi connectivity index (χ2v) is 4.90. The Morgan fingerprint density at radius 3 is 2.67 bits per heavy atom. The molecule has 0 saturated heterocycles. The predicted octanol–water partition coefficient (Wildman–Crippen LogP) is 2.50. The van der Waals surface area contributed by atoms with E-state index in [-0.39, 0.29) is 0 Å². The highest BCUT2D eigenvalue weighted by atomic mass is 79.9. The third-order valence-electron chi connectivity index (χ3n) is 2.69. The van der Waals surface area contributed by atoms with E-state index in [4.69, 9.17) is 11.5 Å². The summed E-state index contributed by atoms with van der Waals surface area (Å²) in [6.45, 7) is 1.84. The fourth-order valence-electron chi connectivity index (χ4n) is 1.79. The van der Waals surface area contributed by atoms with E-state index in [9.17, 15) is 4.79 Å². The highest BCUT2D eigenvalue weighted by Crippen LogP contribution is 2.28. The van der Waals surface area contributed by atoms with Crippen LogP contribution in [-0.4, -0.2) is 10.9 Å². The van der Waals surface area contributed by atoms with Gasteiger partial charge in [-0.05, 0) is 46.1 Å². The molecule has 0 fully saturated rings. The van der Waals surface area contributed by atoms with Gasteiger partial charge in [0.2, 0.25) is 5.91 Å². The largest absolute Gasteiger partial charge is 0.383 e. The Morgan fingerprint density at radius 1 is 1.33 bits per heavy atom. The number of hydrogen-bond acceptors (Lipinski definition) is 3. The normalized spacial score (nSPS) is 10.3. The first-order chi connectivity index (χ1) is 8.49. The number of pyridine rings is 1. The smallest absolute Gasteiger partial charge is 0.248 e. The van der Waals surface area contributed by atoms with E-state index in [1.165, 1.54) is 0 Å². The summed E-state index contributed by atoms with van der Waals surface area (Å²) in [5.41, 5.74) is 14.2. The Hall–Kier alpha value is -1.88. The molecule has 0 atom stereocenters. The van der Waals surface area contributed by atoms with Gasteiger partial charge < -0.3 is 11.5 Å². The molecule has 2 rings (SSSR count). The van der Waals surface area contributed by atoms with Crippen molar-refractivity contribution in [2.45, 2.75) is 6.92 Å². The van der Waals surface area contributed by atoms with Crippen LogP contribution in [-0.2, 0) is 0 Å². The molecule has 0 unspecified atom stereocenters. The zero-order valence-electron chi connectivity index (χ0n) is 9.77. The summed E-state index contributed by atoms with van der Waals surface area (Å²) < 4.78 is 0.850. The summed E-state index contributed by atoms with van der Waals surface area (Å²) in [7, 11) is 0. The van der Waals surface area contributed by atoms with E-state index in [2.05, 4.69) is 20.9 Å². The molecule has 2 aromatic rings. The number of carbonyl (C=O) groups is 1. The Bertz CT molecular complexity index is 626. The monoisotopic (exact) mass is 305 g/mol. The molecule has 0 aliphatic heterocycles. The van der Waals surface area contributed by atoms with E-state index in [0.29, 0.717) is 11.4 Å². The molecule has 1 aromatic heterocycles. The number of carbonyl (C=O) groups excluding carboxylic acids is 1. The molecule has 92 valence electrons. The van der Waals surface area contributed by atoms with Gasteiger partial charge in [-0.15, -0.1) is 0 Å². The molecule has 1 heterocycles. The maximum absolute atomic E-state index is 11.2. The van der Waals surface area contributed by atoms with Crippen molar-refractivity contribution in [1.29, 1.82) is 0 Å². The number of aromatic nitrogens is 1. The summed E-state index contributed by atoms with van der Waals surface area (Å²) >= 11 is 3.36. The highest BCUT2D eigenvalue weighted by molar-refractivity contribution is 9.10. The number of primary amides is 1. The van der Waals surface area contributed by atoms with Gasteiger partial charge in [-0.3, -0.25) is 4.79 Å². The Kier molecular flexibility index (Phi) is 3.34. The minimum atomic E-state index is -0.431. The molecule has 5 heteroatoms. The molecular weight excluding hydrogens is 294 g/mol. The molecule has 1 aromatic carbocycles. The van der Waals surface area contributed by atoms with Gasteiger partial charge in [-0.2, -0.15) is 0 Å². The number of nitrogens with zero attached hydrogens (tertiary/aromatic N) is 1. The molecule has 4 nitrogen and oxygen atoms in total. The number of aryl methyl sites for hydroxylation is 1. The SMILES string of the molecule is Cc1cc(-c2cc(Br)cnc2N)ccc1C(N)=O. The van der Waals surface area contributed by atoms with Crippen LogP contribution in [0.5, 0.6) is 0 Å². The van der Waals surface area contributed by atoms with E-state index >= 15 is 0 Å². The van der Waals surface area contributed by atoms with Crippen molar-refractivity contribution < 1.29 is 4.79 Å². The standard InChI is InChI=1S/C13H12BrN3O/c1-7-4-8(2-3-10(7)13(16)18)11-5-9(14)6-17-12(11)15/h2-6H,1H3,(H2,15,17)(H2,16,18). The number of anilines is 1. The van der Waals surface area contributed by atoms with E-state index in [1.807, 2.05) is 25.1 Å². The molecule has 0 saturated carbocycles. The van der Waals surface area contributed by atoms with Crippen LogP contribution in [0.4, 0.5) is 5.82 Å². The number of hydrogen-bond donors (Lipinski definition) is 2. The minimum Gasteiger partial charge on any atom is -0.383 e. The summed E-state index contributed by atoms with van der Waals surface area (Å²) in [5, 5.41) is 0. The molecule has 18 heavy (non-hydrogen) atoms. The third kappa shape index (κ3) is 2.36. The van der Waals surface area contributed by atoms with Crippen molar-refractivity contribution in [1.82, 2.24) is 4.98 Å². The lowest BCUT2D eigenvalue weighted by Gasteiger charge is -2.08. The highest BCUT2D eigenvalue weighted by Gasteiger charge is 2.09. The van der Waals surface area contributed by atoms with Gasteiger partial charge in [0.25, 0.3) is 0 Å². The third-order valence-corrected chi connectivity index (χ3v) is 3.12. The van der Waals surface area contributed by atoms with Crippen LogP contribution in [0.2, 0.25) is 0 Å². The molecule has 0 aliphatic rings. The fourth-order valence-corrected chi connectivity index (χ4v) is 2.12. The van der Waals surface area contributed by atoms with Gasteiger partial charge in [0.05, 0.1) is 0 Å². The Labute approximate surface area is 113 Å². The van der Waals surface area contributed by atoms with Crippen molar-refractivity contribution in [3.63, 3.8) is 0 Å². The molecule has 0 spiro atoms. The first-order valence-electron chi connectivity index (χ1n) is 5.31. The zero-order chi connectivity index (χ0) is 13.3. The van der Waals surface area contributed by atoms with Crippen LogP contribution in [0, 0.1) is 6.92 Å². The first-order valence-corrected chi connectivity index (χ1v) is 6.10. The molecule has 1 amide bonds. The second kappa shape index (κ2) is 4.78. The van der Waals surface area contributed by atoms with E-state index in [1.54, 1.807) is 12.3 Å². The Morgan fingerprint density at radius 2 is 2.06 bits per heavy atom. The number of nitrogens with two attached hydrogens (primary N) is 2. The summed E-state index contributed by atoms with van der Waals surface area (Å²) in [5.74, 6) is 0.0174. The molecule has 0 bridgehead atoms. The molecule has 0 radical (unpaired) electrons. The van der Waals surface area contributed by atoms with Crippen LogP contribution >= 0.6 is 15.9 Å².